The van der Waals surface area contributed by atoms with Crippen molar-refractivity contribution >= 4 is 5.78 Å². The summed E-state index contributed by atoms with van der Waals surface area (Å²) in [6.45, 7) is 5.95. The second-order valence-electron chi connectivity index (χ2n) is 6.20. The van der Waals surface area contributed by atoms with Crippen LogP contribution in [0.1, 0.15) is 31.1 Å². The summed E-state index contributed by atoms with van der Waals surface area (Å²) in [5, 5.41) is 20.4. The minimum Gasteiger partial charge on any atom is -0.362 e. The average molecular weight is 272 g/mol. The summed E-state index contributed by atoms with van der Waals surface area (Å²) in [4.78, 5) is 12.4. The Hall–Kier alpha value is -1.71. The van der Waals surface area contributed by atoms with Crippen LogP contribution in [0.2, 0.25) is 0 Å². The first-order chi connectivity index (χ1) is 9.22. The lowest BCUT2D eigenvalue weighted by Gasteiger charge is -2.33. The normalized spacial score (nSPS) is 21.4. The summed E-state index contributed by atoms with van der Waals surface area (Å²) < 4.78 is 0. The minimum absolute atomic E-state index is 0.200. The van der Waals surface area contributed by atoms with E-state index in [-0.39, 0.29) is 11.2 Å². The van der Waals surface area contributed by atoms with Crippen LogP contribution >= 0.6 is 0 Å². The Morgan fingerprint density at radius 3 is 2.25 bits per heavy atom. The zero-order valence-electron chi connectivity index (χ0n) is 12.0. The maximum atomic E-state index is 12.4. The van der Waals surface area contributed by atoms with Gasteiger partial charge in [0.15, 0.2) is 11.6 Å². The molecule has 0 aromatic heterocycles. The molecule has 1 aromatic carbocycles. The Morgan fingerprint density at radius 1 is 1.15 bits per heavy atom. The first-order valence-electron chi connectivity index (χ1n) is 6.67. The van der Waals surface area contributed by atoms with Crippen molar-refractivity contribution in [3.63, 3.8) is 0 Å². The molecule has 0 radical (unpaired) electrons. The van der Waals surface area contributed by atoms with Gasteiger partial charge in [-0.25, -0.2) is 0 Å². The van der Waals surface area contributed by atoms with Gasteiger partial charge in [-0.05, 0) is 17.1 Å². The standard InChI is InChI=1S/C17H20O3/c1-16(2,3)13-9-10-14(17(19,20)11-13)15(18)12-7-5-4-6-8-12/h4-11,14,19-20H,1-3H3. The van der Waals surface area contributed by atoms with Crippen molar-refractivity contribution in [2.24, 2.45) is 11.3 Å². The molecule has 0 heterocycles. The number of hydrogen-bond acceptors (Lipinski definition) is 3. The highest BCUT2D eigenvalue weighted by molar-refractivity contribution is 6.00. The first-order valence-corrected chi connectivity index (χ1v) is 6.67. The predicted octanol–water partition coefficient (Wildman–Crippen LogP) is 2.71. The highest BCUT2D eigenvalue weighted by atomic mass is 16.5. The molecule has 0 saturated carbocycles. The lowest BCUT2D eigenvalue weighted by atomic mass is 9.77. The van der Waals surface area contributed by atoms with E-state index in [1.165, 1.54) is 6.08 Å². The summed E-state index contributed by atoms with van der Waals surface area (Å²) in [6.07, 6.45) is 4.75. The van der Waals surface area contributed by atoms with Crippen molar-refractivity contribution in [2.75, 3.05) is 0 Å². The van der Waals surface area contributed by atoms with Gasteiger partial charge in [0.1, 0.15) is 0 Å². The number of ketones is 1. The molecule has 1 aliphatic carbocycles. The predicted molar refractivity (Wildman–Crippen MR) is 78.1 cm³/mol. The average Bonchev–Trinajstić information content (AvgIpc) is 2.37. The van der Waals surface area contributed by atoms with Crippen LogP contribution in [0.25, 0.3) is 0 Å². The lowest BCUT2D eigenvalue weighted by Crippen LogP contribution is -2.42. The molecule has 0 aliphatic heterocycles. The molecule has 0 amide bonds. The number of aliphatic hydroxyl groups is 2. The molecule has 0 fully saturated rings. The van der Waals surface area contributed by atoms with Crippen LogP contribution in [-0.4, -0.2) is 21.8 Å². The van der Waals surface area contributed by atoms with Crippen molar-refractivity contribution in [3.05, 3.63) is 59.7 Å². The van der Waals surface area contributed by atoms with E-state index in [9.17, 15) is 15.0 Å². The summed E-state index contributed by atoms with van der Waals surface area (Å²) in [5.74, 6) is -3.42. The number of allylic oxidation sites excluding steroid dienone is 2. The second kappa shape index (κ2) is 5.00. The molecule has 1 unspecified atom stereocenters. The fourth-order valence-electron chi connectivity index (χ4n) is 2.24. The van der Waals surface area contributed by atoms with E-state index in [0.29, 0.717) is 5.56 Å². The molecule has 1 aliphatic rings. The Bertz CT molecular complexity index is 560. The molecule has 2 N–H and O–H groups in total. The molecular weight excluding hydrogens is 252 g/mol. The van der Waals surface area contributed by atoms with Gasteiger partial charge in [0.25, 0.3) is 0 Å². The monoisotopic (exact) mass is 272 g/mol. The number of rotatable bonds is 2. The quantitative estimate of drug-likeness (QED) is 0.643. The maximum Gasteiger partial charge on any atom is 0.197 e. The third kappa shape index (κ3) is 2.89. The lowest BCUT2D eigenvalue weighted by molar-refractivity contribution is -0.138. The van der Waals surface area contributed by atoms with Gasteiger partial charge in [0.2, 0.25) is 0 Å². The maximum absolute atomic E-state index is 12.4. The number of carbonyl (C=O) groups is 1. The van der Waals surface area contributed by atoms with E-state index in [2.05, 4.69) is 0 Å². The van der Waals surface area contributed by atoms with E-state index in [4.69, 9.17) is 0 Å². The van der Waals surface area contributed by atoms with Crippen LogP contribution in [0.5, 0.6) is 0 Å². The van der Waals surface area contributed by atoms with Crippen LogP contribution < -0.4 is 0 Å². The Balaban J connectivity index is 2.31. The van der Waals surface area contributed by atoms with Crippen molar-refractivity contribution in [1.29, 1.82) is 0 Å². The van der Waals surface area contributed by atoms with Crippen LogP contribution in [0, 0.1) is 11.3 Å². The van der Waals surface area contributed by atoms with Gasteiger partial charge < -0.3 is 10.2 Å². The molecule has 2 rings (SSSR count). The van der Waals surface area contributed by atoms with Crippen LogP contribution in [-0.2, 0) is 0 Å². The van der Waals surface area contributed by atoms with Gasteiger partial charge in [0.05, 0.1) is 5.92 Å². The van der Waals surface area contributed by atoms with Crippen molar-refractivity contribution in [3.8, 4) is 0 Å². The highest BCUT2D eigenvalue weighted by Crippen LogP contribution is 2.35. The molecule has 3 heteroatoms. The summed E-state index contributed by atoms with van der Waals surface area (Å²) in [7, 11) is 0. The zero-order valence-corrected chi connectivity index (χ0v) is 12.0. The summed E-state index contributed by atoms with van der Waals surface area (Å²) in [5.41, 5.74) is 1.08. The van der Waals surface area contributed by atoms with Gasteiger partial charge in [-0.15, -0.1) is 0 Å². The van der Waals surface area contributed by atoms with Gasteiger partial charge in [-0.2, -0.15) is 0 Å². The number of benzene rings is 1. The molecule has 0 spiro atoms. The molecule has 1 atom stereocenters. The van der Waals surface area contributed by atoms with E-state index >= 15 is 0 Å². The van der Waals surface area contributed by atoms with E-state index in [0.717, 1.165) is 5.57 Å². The fourth-order valence-corrected chi connectivity index (χ4v) is 2.24. The molecule has 3 nitrogen and oxygen atoms in total. The van der Waals surface area contributed by atoms with E-state index in [1.807, 2.05) is 26.8 Å². The Kier molecular flexibility index (Phi) is 3.67. The molecular formula is C17H20O3. The zero-order chi connectivity index (χ0) is 15.0. The third-order valence-corrected chi connectivity index (χ3v) is 3.50. The van der Waals surface area contributed by atoms with Crippen LogP contribution in [0.3, 0.4) is 0 Å². The summed E-state index contributed by atoms with van der Waals surface area (Å²) >= 11 is 0. The van der Waals surface area contributed by atoms with E-state index < -0.39 is 11.7 Å². The van der Waals surface area contributed by atoms with E-state index in [1.54, 1.807) is 36.4 Å². The number of Topliss-reactive ketones (excluding diaryl/α,β-unsaturated/α-hetero) is 1. The number of hydrogen-bond donors (Lipinski definition) is 2. The second-order valence-corrected chi connectivity index (χ2v) is 6.20. The smallest absolute Gasteiger partial charge is 0.197 e. The van der Waals surface area contributed by atoms with Crippen molar-refractivity contribution < 1.29 is 15.0 Å². The largest absolute Gasteiger partial charge is 0.362 e. The first kappa shape index (κ1) is 14.7. The van der Waals surface area contributed by atoms with Crippen LogP contribution in [0.4, 0.5) is 0 Å². The minimum atomic E-state index is -2.15. The third-order valence-electron chi connectivity index (χ3n) is 3.50. The molecule has 0 saturated heterocycles. The van der Waals surface area contributed by atoms with Gasteiger partial charge in [-0.1, -0.05) is 63.3 Å². The summed E-state index contributed by atoms with van der Waals surface area (Å²) in [6, 6.07) is 8.68. The topological polar surface area (TPSA) is 57.5 Å². The van der Waals surface area contributed by atoms with Crippen LogP contribution in [0.15, 0.2) is 54.1 Å². The Morgan fingerprint density at radius 2 is 1.75 bits per heavy atom. The highest BCUT2D eigenvalue weighted by Gasteiger charge is 2.40. The molecule has 0 bridgehead atoms. The molecule has 1 aromatic rings. The Labute approximate surface area is 119 Å². The van der Waals surface area contributed by atoms with Gasteiger partial charge in [-0.3, -0.25) is 4.79 Å². The SMILES string of the molecule is CC(C)(C)C1=CC(O)(O)C(C(=O)c2ccccc2)C=C1. The fraction of sp³-hybridized carbons (Fsp3) is 0.353. The number of carbonyl (C=O) groups excluding carboxylic acids is 1. The van der Waals surface area contributed by atoms with Crippen molar-refractivity contribution in [2.45, 2.75) is 26.6 Å². The molecule has 20 heavy (non-hydrogen) atoms. The van der Waals surface area contributed by atoms with Crippen molar-refractivity contribution in [1.82, 2.24) is 0 Å². The van der Waals surface area contributed by atoms with Gasteiger partial charge >= 0.3 is 0 Å². The van der Waals surface area contributed by atoms with Gasteiger partial charge in [0, 0.05) is 5.56 Å². The molecule has 106 valence electrons.